The molecule has 3 N–H and O–H groups in total. The fourth-order valence-electron chi connectivity index (χ4n) is 2.70. The van der Waals surface area contributed by atoms with Gasteiger partial charge in [0, 0.05) is 6.42 Å². The molecule has 2 aromatic carbocycles. The lowest BCUT2D eigenvalue weighted by atomic mass is 10.1. The number of carbonyl (C=O) groups excluding carboxylic acids is 2. The van der Waals surface area contributed by atoms with E-state index in [4.69, 9.17) is 10.5 Å². The number of carbonyl (C=O) groups is 2. The van der Waals surface area contributed by atoms with Crippen LogP contribution in [0.15, 0.2) is 60.7 Å². The average molecular weight is 404 g/mol. The Labute approximate surface area is 164 Å². The highest BCUT2D eigenvalue weighted by molar-refractivity contribution is 7.90. The number of nitrogens with one attached hydrogen (secondary N) is 1. The topological polar surface area (TPSA) is 116 Å². The Morgan fingerprint density at radius 3 is 2.07 bits per heavy atom. The molecule has 8 heteroatoms. The van der Waals surface area contributed by atoms with Crippen LogP contribution in [0.1, 0.15) is 11.1 Å². The quantitative estimate of drug-likeness (QED) is 0.598. The largest absolute Gasteiger partial charge is 0.467 e. The molecule has 150 valence electrons. The predicted molar refractivity (Wildman–Crippen MR) is 106 cm³/mol. The van der Waals surface area contributed by atoms with Gasteiger partial charge in [-0.25, -0.2) is 13.2 Å². The van der Waals surface area contributed by atoms with E-state index in [9.17, 15) is 18.0 Å². The molecule has 7 nitrogen and oxygen atoms in total. The summed E-state index contributed by atoms with van der Waals surface area (Å²) in [6, 6.07) is 15.5. The van der Waals surface area contributed by atoms with Gasteiger partial charge in [0.1, 0.15) is 6.04 Å². The summed E-state index contributed by atoms with van der Waals surface area (Å²) in [5, 5.41) is 2.50. The minimum Gasteiger partial charge on any atom is -0.467 e. The Balaban J connectivity index is 2.00. The third-order valence-electron chi connectivity index (χ3n) is 4.08. The Bertz CT molecular complexity index is 885. The molecule has 0 heterocycles. The second kappa shape index (κ2) is 10.0. The van der Waals surface area contributed by atoms with Crippen LogP contribution in [0.25, 0.3) is 0 Å². The summed E-state index contributed by atoms with van der Waals surface area (Å²) in [6.07, 6.45) is 0.211. The minimum atomic E-state index is -3.60. The number of benzene rings is 2. The zero-order chi connectivity index (χ0) is 20.6. The van der Waals surface area contributed by atoms with E-state index in [-0.39, 0.29) is 12.2 Å². The number of hydrogen-bond acceptors (Lipinski definition) is 6. The fourth-order valence-corrected chi connectivity index (χ4v) is 4.22. The first-order valence-electron chi connectivity index (χ1n) is 8.73. The first kappa shape index (κ1) is 21.6. The molecule has 0 bridgehead atoms. The Morgan fingerprint density at radius 1 is 1.00 bits per heavy atom. The molecule has 0 radical (unpaired) electrons. The van der Waals surface area contributed by atoms with Crippen molar-refractivity contribution < 1.29 is 22.7 Å². The van der Waals surface area contributed by atoms with Crippen LogP contribution >= 0.6 is 0 Å². The van der Waals surface area contributed by atoms with Crippen molar-refractivity contribution in [3.63, 3.8) is 0 Å². The number of rotatable bonds is 9. The van der Waals surface area contributed by atoms with E-state index in [1.165, 1.54) is 7.11 Å². The second-order valence-corrected chi connectivity index (χ2v) is 8.53. The molecule has 0 fully saturated rings. The van der Waals surface area contributed by atoms with E-state index >= 15 is 0 Å². The molecule has 2 rings (SSSR count). The van der Waals surface area contributed by atoms with Crippen molar-refractivity contribution in [2.24, 2.45) is 5.73 Å². The molecule has 0 aromatic heterocycles. The highest BCUT2D eigenvalue weighted by atomic mass is 32.2. The van der Waals surface area contributed by atoms with E-state index < -0.39 is 39.6 Å². The van der Waals surface area contributed by atoms with Crippen LogP contribution in [-0.2, 0) is 36.3 Å². The maximum absolute atomic E-state index is 12.4. The summed E-state index contributed by atoms with van der Waals surface area (Å²) in [4.78, 5) is 24.4. The van der Waals surface area contributed by atoms with Crippen molar-refractivity contribution in [1.82, 2.24) is 5.32 Å². The molecule has 2 atom stereocenters. The normalized spacial score (nSPS) is 13.4. The Kier molecular flexibility index (Phi) is 7.71. The van der Waals surface area contributed by atoms with Gasteiger partial charge in [0.2, 0.25) is 5.91 Å². The molecule has 1 amide bonds. The lowest BCUT2D eigenvalue weighted by Gasteiger charge is -2.19. The predicted octanol–water partition coefficient (Wildman–Crippen LogP) is 0.829. The van der Waals surface area contributed by atoms with Gasteiger partial charge in [-0.05, 0) is 11.1 Å². The molecule has 0 aliphatic heterocycles. The number of methoxy groups -OCH3 is 1. The standard InChI is InChI=1S/C20H24N2O5S/c1-27-20(24)18(12-15-8-4-2-5-9-15)22-19(23)17(21)14-28(25,26)13-16-10-6-3-7-11-16/h2-11,17-18H,12-14,21H2,1H3,(H,22,23)/t17-,18+/m1/s1. The van der Waals surface area contributed by atoms with Crippen molar-refractivity contribution in [1.29, 1.82) is 0 Å². The third kappa shape index (κ3) is 6.79. The molecule has 0 aliphatic carbocycles. The third-order valence-corrected chi connectivity index (χ3v) is 5.72. The monoisotopic (exact) mass is 404 g/mol. The van der Waals surface area contributed by atoms with Crippen molar-refractivity contribution in [3.05, 3.63) is 71.8 Å². The van der Waals surface area contributed by atoms with Crippen LogP contribution < -0.4 is 11.1 Å². The SMILES string of the molecule is COC(=O)[C@H](Cc1ccccc1)NC(=O)[C@H](N)CS(=O)(=O)Cc1ccccc1. The highest BCUT2D eigenvalue weighted by Crippen LogP contribution is 2.08. The van der Waals surface area contributed by atoms with Crippen LogP contribution in [0.5, 0.6) is 0 Å². The van der Waals surface area contributed by atoms with Gasteiger partial charge >= 0.3 is 5.97 Å². The Hall–Kier alpha value is -2.71. The summed E-state index contributed by atoms with van der Waals surface area (Å²) >= 11 is 0. The molecular weight excluding hydrogens is 380 g/mol. The molecule has 0 unspecified atom stereocenters. The van der Waals surface area contributed by atoms with Gasteiger partial charge in [-0.2, -0.15) is 0 Å². The average Bonchev–Trinajstić information content (AvgIpc) is 2.67. The molecular formula is C20H24N2O5S. The van der Waals surface area contributed by atoms with Crippen LogP contribution in [0.4, 0.5) is 0 Å². The van der Waals surface area contributed by atoms with E-state index in [1.54, 1.807) is 30.3 Å². The van der Waals surface area contributed by atoms with Crippen LogP contribution in [0.2, 0.25) is 0 Å². The maximum Gasteiger partial charge on any atom is 0.328 e. The zero-order valence-corrected chi connectivity index (χ0v) is 16.4. The lowest BCUT2D eigenvalue weighted by Crippen LogP contribution is -2.51. The van der Waals surface area contributed by atoms with Crippen molar-refractivity contribution in [2.75, 3.05) is 12.9 Å². The Morgan fingerprint density at radius 2 is 1.54 bits per heavy atom. The number of hydrogen-bond donors (Lipinski definition) is 2. The van der Waals surface area contributed by atoms with Gasteiger partial charge in [-0.3, -0.25) is 4.79 Å². The highest BCUT2D eigenvalue weighted by Gasteiger charge is 2.27. The molecule has 0 saturated heterocycles. The van der Waals surface area contributed by atoms with Crippen molar-refractivity contribution in [2.45, 2.75) is 24.3 Å². The number of nitrogens with two attached hydrogens (primary N) is 1. The molecule has 2 aromatic rings. The molecule has 28 heavy (non-hydrogen) atoms. The molecule has 0 saturated carbocycles. The maximum atomic E-state index is 12.4. The van der Waals surface area contributed by atoms with E-state index in [0.717, 1.165) is 5.56 Å². The van der Waals surface area contributed by atoms with E-state index in [0.29, 0.717) is 5.56 Å². The van der Waals surface area contributed by atoms with Gasteiger partial charge in [0.25, 0.3) is 0 Å². The summed E-state index contributed by atoms with van der Waals surface area (Å²) in [5.41, 5.74) is 7.24. The molecule has 0 aliphatic rings. The van der Waals surface area contributed by atoms with Gasteiger partial charge in [0.15, 0.2) is 9.84 Å². The van der Waals surface area contributed by atoms with E-state index in [2.05, 4.69) is 5.32 Å². The summed E-state index contributed by atoms with van der Waals surface area (Å²) in [6.45, 7) is 0. The van der Waals surface area contributed by atoms with Crippen molar-refractivity contribution >= 4 is 21.7 Å². The van der Waals surface area contributed by atoms with Gasteiger partial charge in [-0.15, -0.1) is 0 Å². The van der Waals surface area contributed by atoms with Gasteiger partial charge < -0.3 is 15.8 Å². The first-order valence-corrected chi connectivity index (χ1v) is 10.5. The van der Waals surface area contributed by atoms with Crippen LogP contribution in [-0.4, -0.2) is 45.2 Å². The van der Waals surface area contributed by atoms with Gasteiger partial charge in [-0.1, -0.05) is 60.7 Å². The second-order valence-electron chi connectivity index (χ2n) is 6.42. The van der Waals surface area contributed by atoms with E-state index in [1.807, 2.05) is 30.3 Å². The lowest BCUT2D eigenvalue weighted by molar-refractivity contribution is -0.145. The summed E-state index contributed by atoms with van der Waals surface area (Å²) in [7, 11) is -2.38. The smallest absolute Gasteiger partial charge is 0.328 e. The summed E-state index contributed by atoms with van der Waals surface area (Å²) < 4.78 is 29.4. The van der Waals surface area contributed by atoms with Crippen LogP contribution in [0.3, 0.4) is 0 Å². The minimum absolute atomic E-state index is 0.209. The number of ether oxygens (including phenoxy) is 1. The fraction of sp³-hybridized carbons (Fsp3) is 0.300. The summed E-state index contributed by atoms with van der Waals surface area (Å²) in [5.74, 6) is -2.08. The number of amides is 1. The van der Waals surface area contributed by atoms with Gasteiger partial charge in [0.05, 0.1) is 24.7 Å². The number of esters is 1. The molecule has 0 spiro atoms. The first-order chi connectivity index (χ1) is 13.3. The zero-order valence-electron chi connectivity index (χ0n) is 15.6. The number of sulfone groups is 1. The van der Waals surface area contributed by atoms with Crippen LogP contribution in [0, 0.1) is 0 Å². The van der Waals surface area contributed by atoms with Crippen molar-refractivity contribution in [3.8, 4) is 0 Å².